The van der Waals surface area contributed by atoms with E-state index < -0.39 is 11.4 Å². The number of hydrogen-bond acceptors (Lipinski definition) is 1. The van der Waals surface area contributed by atoms with Crippen LogP contribution in [0.15, 0.2) is 4.52 Å². The van der Waals surface area contributed by atoms with Crippen molar-refractivity contribution < 1.29 is 0 Å². The average molecular weight is 406 g/mol. The van der Waals surface area contributed by atoms with E-state index in [0.717, 1.165) is 0 Å². The van der Waals surface area contributed by atoms with E-state index in [2.05, 4.69) is 86.1 Å². The number of rotatable bonds is 5. The molecular formula is C12H28NP2Se2. The maximum atomic E-state index is 5.45. The predicted octanol–water partition coefficient (Wildman–Crippen LogP) is 4.92. The van der Waals surface area contributed by atoms with E-state index in [1.54, 1.807) is 0 Å². The molecule has 0 aromatic carbocycles. The summed E-state index contributed by atoms with van der Waals surface area (Å²) in [5.74, 6) is -1.32. The SMILES string of the molecule is CC(C)P(=[Se])(N=P([Se])(C(C)C)C(C)C)C(C)C. The summed E-state index contributed by atoms with van der Waals surface area (Å²) in [6.07, 6.45) is 0. The van der Waals surface area contributed by atoms with E-state index in [0.29, 0.717) is 22.6 Å². The minimum atomic E-state index is -1.32. The van der Waals surface area contributed by atoms with E-state index in [9.17, 15) is 0 Å². The maximum absolute atomic E-state index is 5.45. The van der Waals surface area contributed by atoms with Crippen LogP contribution >= 0.6 is 11.4 Å². The monoisotopic (exact) mass is 408 g/mol. The van der Waals surface area contributed by atoms with Gasteiger partial charge in [-0.15, -0.1) is 0 Å². The Morgan fingerprint density at radius 1 is 0.706 bits per heavy atom. The van der Waals surface area contributed by atoms with Crippen LogP contribution in [0.1, 0.15) is 55.4 Å². The van der Waals surface area contributed by atoms with Crippen molar-refractivity contribution in [2.45, 2.75) is 78.0 Å². The van der Waals surface area contributed by atoms with Crippen LogP contribution < -0.4 is 0 Å². The van der Waals surface area contributed by atoms with Crippen molar-refractivity contribution in [3.05, 3.63) is 0 Å². The molecule has 0 aromatic rings. The Bertz CT molecular complexity index is 322. The summed E-state index contributed by atoms with van der Waals surface area (Å²) in [6, 6.07) is 0. The molecule has 0 unspecified atom stereocenters. The zero-order chi connectivity index (χ0) is 14.0. The third kappa shape index (κ3) is 4.34. The van der Waals surface area contributed by atoms with Crippen LogP contribution in [0.25, 0.3) is 0 Å². The molecule has 0 saturated carbocycles. The average Bonchev–Trinajstić information content (AvgIpc) is 2.15. The van der Waals surface area contributed by atoms with Crippen molar-refractivity contribution >= 4 is 42.1 Å². The Kier molecular flexibility index (Phi) is 7.62. The van der Waals surface area contributed by atoms with Crippen LogP contribution in [0, 0.1) is 0 Å². The third-order valence-corrected chi connectivity index (χ3v) is 24.8. The third-order valence-electron chi connectivity index (χ3n) is 3.24. The van der Waals surface area contributed by atoms with Gasteiger partial charge in [0.05, 0.1) is 0 Å². The Morgan fingerprint density at radius 3 is 1.18 bits per heavy atom. The van der Waals surface area contributed by atoms with Gasteiger partial charge in [0.1, 0.15) is 0 Å². The second kappa shape index (κ2) is 6.92. The molecule has 1 radical (unpaired) electrons. The fraction of sp³-hybridized carbons (Fsp3) is 1.00. The molecule has 0 fully saturated rings. The molecular weight excluding hydrogens is 378 g/mol. The summed E-state index contributed by atoms with van der Waals surface area (Å²) >= 11 is 7.01. The van der Waals surface area contributed by atoms with Crippen molar-refractivity contribution in [1.82, 2.24) is 0 Å². The Labute approximate surface area is 124 Å². The summed E-state index contributed by atoms with van der Waals surface area (Å²) in [6.45, 7) is 18.5. The summed E-state index contributed by atoms with van der Waals surface area (Å²) in [7, 11) is 0. The molecule has 0 N–H and O–H groups in total. The van der Waals surface area contributed by atoms with Gasteiger partial charge in [-0.05, 0) is 0 Å². The van der Waals surface area contributed by atoms with Gasteiger partial charge in [0.15, 0.2) is 0 Å². The van der Waals surface area contributed by atoms with Crippen molar-refractivity contribution in [2.24, 2.45) is 4.52 Å². The molecule has 0 atom stereocenters. The van der Waals surface area contributed by atoms with Crippen LogP contribution in [-0.2, 0) is 0 Å². The van der Waals surface area contributed by atoms with E-state index in [1.165, 1.54) is 0 Å². The van der Waals surface area contributed by atoms with E-state index in [-0.39, 0.29) is 0 Å². The van der Waals surface area contributed by atoms with Crippen molar-refractivity contribution in [3.63, 3.8) is 0 Å². The van der Waals surface area contributed by atoms with Crippen LogP contribution in [0.3, 0.4) is 0 Å². The molecule has 17 heavy (non-hydrogen) atoms. The minimum absolute atomic E-state index is 0.646. The molecule has 0 amide bonds. The Balaban J connectivity index is 5.83. The number of nitrogens with zero attached hydrogens (tertiary/aromatic N) is 1. The van der Waals surface area contributed by atoms with Crippen molar-refractivity contribution in [1.29, 1.82) is 0 Å². The molecule has 1 nitrogen and oxygen atoms in total. The van der Waals surface area contributed by atoms with Crippen molar-refractivity contribution in [3.8, 4) is 0 Å². The molecule has 103 valence electrons. The summed E-state index contributed by atoms with van der Waals surface area (Å²) in [5.41, 5.74) is 1.26. The Morgan fingerprint density at radius 2 is 1.00 bits per heavy atom. The molecule has 0 aliphatic heterocycles. The van der Waals surface area contributed by atoms with E-state index in [4.69, 9.17) is 4.52 Å². The summed E-state index contributed by atoms with van der Waals surface area (Å²) in [5, 5.41) is 0. The summed E-state index contributed by atoms with van der Waals surface area (Å²) in [4.78, 5) is 0. The molecule has 0 saturated heterocycles. The van der Waals surface area contributed by atoms with Gasteiger partial charge in [0, 0.05) is 0 Å². The molecule has 0 bridgehead atoms. The fourth-order valence-electron chi connectivity index (χ4n) is 1.82. The zero-order valence-corrected chi connectivity index (χ0v) is 17.7. The van der Waals surface area contributed by atoms with Gasteiger partial charge >= 0.3 is 125 Å². The fourth-order valence-corrected chi connectivity index (χ4v) is 15.9. The molecule has 0 heterocycles. The molecule has 0 rings (SSSR count). The van der Waals surface area contributed by atoms with Crippen LogP contribution in [-0.4, -0.2) is 53.3 Å². The van der Waals surface area contributed by atoms with Gasteiger partial charge in [-0.25, -0.2) is 0 Å². The first-order valence-electron chi connectivity index (χ1n) is 6.42. The summed E-state index contributed by atoms with van der Waals surface area (Å²) < 4.78 is 5.45. The second-order valence-electron chi connectivity index (χ2n) is 5.81. The normalized spacial score (nSPS) is 14.2. The zero-order valence-electron chi connectivity index (χ0n) is 12.5. The van der Waals surface area contributed by atoms with E-state index in [1.807, 2.05) is 0 Å². The Hall–Kier alpha value is 1.70. The van der Waals surface area contributed by atoms with Gasteiger partial charge in [-0.1, -0.05) is 0 Å². The quantitative estimate of drug-likeness (QED) is 0.454. The first-order valence-corrected chi connectivity index (χ1v) is 14.6. The van der Waals surface area contributed by atoms with E-state index >= 15 is 0 Å². The second-order valence-corrected chi connectivity index (χ2v) is 20.7. The topological polar surface area (TPSA) is 12.4 Å². The standard InChI is InChI=1S/C12H28NP2Se2/c1-9(2)14(16,10(3)4)13-15(17,11(5)6)12(7)8/h9-12H,1-8H3. The van der Waals surface area contributed by atoms with Gasteiger partial charge in [-0.3, -0.25) is 0 Å². The molecule has 0 aliphatic rings. The molecule has 5 heteroatoms. The molecule has 0 aromatic heterocycles. The molecule has 0 aliphatic carbocycles. The van der Waals surface area contributed by atoms with Gasteiger partial charge in [0.25, 0.3) is 0 Å². The van der Waals surface area contributed by atoms with Gasteiger partial charge in [-0.2, -0.15) is 0 Å². The number of hydrogen-bond donors (Lipinski definition) is 0. The predicted molar refractivity (Wildman–Crippen MR) is 88.3 cm³/mol. The van der Waals surface area contributed by atoms with Crippen LogP contribution in [0.2, 0.25) is 0 Å². The first-order chi connectivity index (χ1) is 7.48. The van der Waals surface area contributed by atoms with Crippen LogP contribution in [0.5, 0.6) is 0 Å². The molecule has 0 spiro atoms. The van der Waals surface area contributed by atoms with Gasteiger partial charge < -0.3 is 0 Å². The van der Waals surface area contributed by atoms with Gasteiger partial charge in [0.2, 0.25) is 0 Å². The van der Waals surface area contributed by atoms with Crippen LogP contribution in [0.4, 0.5) is 0 Å². The first kappa shape index (κ1) is 18.7. The van der Waals surface area contributed by atoms with Crippen molar-refractivity contribution in [2.75, 3.05) is 0 Å².